The van der Waals surface area contributed by atoms with Crippen molar-refractivity contribution in [3.05, 3.63) is 18.2 Å². The number of ether oxygens (including phenoxy) is 1. The van der Waals surface area contributed by atoms with Crippen molar-refractivity contribution < 1.29 is 4.74 Å². The van der Waals surface area contributed by atoms with E-state index in [2.05, 4.69) is 21.8 Å². The van der Waals surface area contributed by atoms with Gasteiger partial charge in [-0.1, -0.05) is 0 Å². The van der Waals surface area contributed by atoms with Crippen molar-refractivity contribution >= 4 is 0 Å². The Morgan fingerprint density at radius 2 is 2.47 bits per heavy atom. The van der Waals surface area contributed by atoms with Crippen LogP contribution in [-0.4, -0.2) is 27.8 Å². The molecule has 0 radical (unpaired) electrons. The van der Waals surface area contributed by atoms with Crippen molar-refractivity contribution in [2.24, 2.45) is 0 Å². The molecule has 0 aromatic carbocycles. The molecule has 1 saturated heterocycles. The third-order valence-corrected chi connectivity index (χ3v) is 3.75. The maximum atomic E-state index is 5.84. The monoisotopic (exact) mass is 235 g/mol. The van der Waals surface area contributed by atoms with Crippen molar-refractivity contribution in [1.82, 2.24) is 14.9 Å². The summed E-state index contributed by atoms with van der Waals surface area (Å²) in [5, 5.41) is 3.54. The fourth-order valence-corrected chi connectivity index (χ4v) is 2.50. The summed E-state index contributed by atoms with van der Waals surface area (Å²) in [5.41, 5.74) is 1.28. The Bertz CT molecular complexity index is 378. The van der Waals surface area contributed by atoms with Crippen molar-refractivity contribution in [3.63, 3.8) is 0 Å². The van der Waals surface area contributed by atoms with Gasteiger partial charge in [-0.05, 0) is 32.6 Å². The van der Waals surface area contributed by atoms with E-state index in [0.717, 1.165) is 32.2 Å². The molecule has 1 N–H and O–H groups in total. The Kier molecular flexibility index (Phi) is 2.92. The van der Waals surface area contributed by atoms with Crippen LogP contribution < -0.4 is 5.32 Å². The molecule has 4 heteroatoms. The zero-order chi connectivity index (χ0) is 11.7. The largest absolute Gasteiger partial charge is 0.373 e. The van der Waals surface area contributed by atoms with E-state index in [1.807, 2.05) is 12.5 Å². The van der Waals surface area contributed by atoms with Gasteiger partial charge < -0.3 is 14.6 Å². The molecular weight excluding hydrogens is 214 g/mol. The maximum absolute atomic E-state index is 5.84. The molecule has 0 bridgehead atoms. The lowest BCUT2D eigenvalue weighted by Gasteiger charge is -2.24. The first kappa shape index (κ1) is 11.2. The van der Waals surface area contributed by atoms with Crippen LogP contribution in [0.4, 0.5) is 0 Å². The predicted molar refractivity (Wildman–Crippen MR) is 65.7 cm³/mol. The van der Waals surface area contributed by atoms with Crippen LogP contribution >= 0.6 is 0 Å². The maximum Gasteiger partial charge on any atom is 0.0949 e. The Hall–Kier alpha value is -0.870. The highest BCUT2D eigenvalue weighted by atomic mass is 16.5. The lowest BCUT2D eigenvalue weighted by atomic mass is 10.0. The van der Waals surface area contributed by atoms with Crippen LogP contribution in [0.2, 0.25) is 0 Å². The number of imidazole rings is 1. The highest BCUT2D eigenvalue weighted by molar-refractivity contribution is 5.01. The SMILES string of the molecule is CC1(Cn2cncc2CNC2CC2)CCCO1. The molecule has 94 valence electrons. The quantitative estimate of drug-likeness (QED) is 0.844. The van der Waals surface area contributed by atoms with Crippen molar-refractivity contribution in [1.29, 1.82) is 0 Å². The first-order chi connectivity index (χ1) is 8.25. The van der Waals surface area contributed by atoms with Crippen molar-refractivity contribution in [2.75, 3.05) is 6.61 Å². The molecule has 17 heavy (non-hydrogen) atoms. The third kappa shape index (κ3) is 2.69. The number of nitrogens with zero attached hydrogens (tertiary/aromatic N) is 2. The summed E-state index contributed by atoms with van der Waals surface area (Å²) in [4.78, 5) is 4.26. The van der Waals surface area contributed by atoms with E-state index in [0.29, 0.717) is 0 Å². The minimum atomic E-state index is 0.00896. The molecule has 1 aromatic rings. The average molecular weight is 235 g/mol. The number of hydrogen-bond acceptors (Lipinski definition) is 3. The minimum absolute atomic E-state index is 0.00896. The van der Waals surface area contributed by atoms with Crippen LogP contribution in [0, 0.1) is 0 Å². The first-order valence-electron chi connectivity index (χ1n) is 6.62. The molecule has 1 aliphatic carbocycles. The van der Waals surface area contributed by atoms with Gasteiger partial charge in [-0.15, -0.1) is 0 Å². The summed E-state index contributed by atoms with van der Waals surface area (Å²) >= 11 is 0. The van der Waals surface area contributed by atoms with Crippen molar-refractivity contribution in [2.45, 2.75) is 57.3 Å². The highest BCUT2D eigenvalue weighted by Crippen LogP contribution is 2.27. The second kappa shape index (κ2) is 4.42. The van der Waals surface area contributed by atoms with Gasteiger partial charge in [0.1, 0.15) is 0 Å². The van der Waals surface area contributed by atoms with E-state index in [4.69, 9.17) is 4.74 Å². The van der Waals surface area contributed by atoms with Gasteiger partial charge >= 0.3 is 0 Å². The van der Waals surface area contributed by atoms with Crippen LogP contribution in [-0.2, 0) is 17.8 Å². The molecule has 2 fully saturated rings. The molecular formula is C13H21N3O. The summed E-state index contributed by atoms with van der Waals surface area (Å²) in [6.07, 6.45) is 8.88. The number of hydrogen-bond donors (Lipinski definition) is 1. The lowest BCUT2D eigenvalue weighted by Crippen LogP contribution is -2.30. The molecule has 2 heterocycles. The minimum Gasteiger partial charge on any atom is -0.373 e. The van der Waals surface area contributed by atoms with E-state index >= 15 is 0 Å². The van der Waals surface area contributed by atoms with Gasteiger partial charge in [-0.2, -0.15) is 0 Å². The molecule has 1 saturated carbocycles. The topological polar surface area (TPSA) is 39.1 Å². The van der Waals surface area contributed by atoms with E-state index in [1.165, 1.54) is 25.0 Å². The zero-order valence-corrected chi connectivity index (χ0v) is 10.5. The van der Waals surface area contributed by atoms with Crippen molar-refractivity contribution in [3.8, 4) is 0 Å². The van der Waals surface area contributed by atoms with Gasteiger partial charge in [0.2, 0.25) is 0 Å². The number of rotatable bonds is 5. The fraction of sp³-hybridized carbons (Fsp3) is 0.769. The molecule has 1 aliphatic heterocycles. The Balaban J connectivity index is 1.63. The summed E-state index contributed by atoms with van der Waals surface area (Å²) < 4.78 is 8.07. The van der Waals surface area contributed by atoms with Crippen LogP contribution in [0.5, 0.6) is 0 Å². The summed E-state index contributed by atoms with van der Waals surface area (Å²) in [6.45, 7) is 4.97. The van der Waals surface area contributed by atoms with E-state index in [-0.39, 0.29) is 5.60 Å². The smallest absolute Gasteiger partial charge is 0.0949 e. The van der Waals surface area contributed by atoms with E-state index < -0.39 is 0 Å². The standard InChI is InChI=1S/C13H21N3O/c1-13(5-2-6-17-13)9-16-10-14-7-12(16)8-15-11-3-4-11/h7,10-11,15H,2-6,8-9H2,1H3. The molecule has 1 unspecified atom stereocenters. The first-order valence-corrected chi connectivity index (χ1v) is 6.62. The molecule has 2 aliphatic rings. The molecule has 3 rings (SSSR count). The van der Waals surface area contributed by atoms with Gasteiger partial charge in [0.25, 0.3) is 0 Å². The normalized spacial score (nSPS) is 28.8. The zero-order valence-electron chi connectivity index (χ0n) is 10.5. The summed E-state index contributed by atoms with van der Waals surface area (Å²) in [7, 11) is 0. The number of nitrogens with one attached hydrogen (secondary N) is 1. The Morgan fingerprint density at radius 1 is 1.59 bits per heavy atom. The Labute approximate surface area is 102 Å². The molecule has 1 aromatic heterocycles. The fourth-order valence-electron chi connectivity index (χ4n) is 2.50. The molecule has 1 atom stereocenters. The third-order valence-electron chi connectivity index (χ3n) is 3.75. The highest BCUT2D eigenvalue weighted by Gasteiger charge is 2.30. The molecule has 4 nitrogen and oxygen atoms in total. The van der Waals surface area contributed by atoms with E-state index in [9.17, 15) is 0 Å². The predicted octanol–water partition coefficient (Wildman–Crippen LogP) is 1.70. The second-order valence-electron chi connectivity index (χ2n) is 5.57. The summed E-state index contributed by atoms with van der Waals surface area (Å²) in [5.74, 6) is 0. The number of aromatic nitrogens is 2. The van der Waals surface area contributed by atoms with E-state index in [1.54, 1.807) is 0 Å². The van der Waals surface area contributed by atoms with Gasteiger partial charge in [0.15, 0.2) is 0 Å². The van der Waals surface area contributed by atoms with Gasteiger partial charge in [-0.25, -0.2) is 4.98 Å². The van der Waals surface area contributed by atoms with Crippen LogP contribution in [0.15, 0.2) is 12.5 Å². The van der Waals surface area contributed by atoms with Gasteiger partial charge in [0.05, 0.1) is 24.2 Å². The van der Waals surface area contributed by atoms with Crippen LogP contribution in [0.3, 0.4) is 0 Å². The van der Waals surface area contributed by atoms with Gasteiger partial charge in [-0.3, -0.25) is 0 Å². The van der Waals surface area contributed by atoms with Crippen LogP contribution in [0.1, 0.15) is 38.3 Å². The molecule has 0 spiro atoms. The lowest BCUT2D eigenvalue weighted by molar-refractivity contribution is 0.00562. The van der Waals surface area contributed by atoms with Crippen LogP contribution in [0.25, 0.3) is 0 Å². The van der Waals surface area contributed by atoms with Gasteiger partial charge in [0, 0.05) is 25.4 Å². The average Bonchev–Trinajstić information content (AvgIpc) is 2.89. The Morgan fingerprint density at radius 3 is 3.18 bits per heavy atom. The molecule has 0 amide bonds. The summed E-state index contributed by atoms with van der Waals surface area (Å²) in [6, 6.07) is 0.747. The second-order valence-corrected chi connectivity index (χ2v) is 5.57.